The lowest BCUT2D eigenvalue weighted by atomic mass is 9.54. The highest BCUT2D eigenvalue weighted by Crippen LogP contribution is 2.57. The van der Waals surface area contributed by atoms with Crippen molar-refractivity contribution in [3.8, 4) is 0 Å². The summed E-state index contributed by atoms with van der Waals surface area (Å²) in [7, 11) is -5.83. The number of halogens is 4. The van der Waals surface area contributed by atoms with E-state index in [1.165, 1.54) is 0 Å². The number of carbonyl (C=O) groups is 1. The first-order valence-corrected chi connectivity index (χ1v) is 9.97. The molecule has 0 N–H and O–H groups in total. The molecule has 0 saturated heterocycles. The second kappa shape index (κ2) is 5.91. The molecule has 0 atom stereocenters. The molecular formula is C17H15F4O5S-. The van der Waals surface area contributed by atoms with Gasteiger partial charge in [0.2, 0.25) is 0 Å². The van der Waals surface area contributed by atoms with Crippen LogP contribution >= 0.6 is 0 Å². The Morgan fingerprint density at radius 3 is 1.67 bits per heavy atom. The van der Waals surface area contributed by atoms with Crippen LogP contribution in [0.2, 0.25) is 0 Å². The molecule has 1 aromatic rings. The molecule has 0 amide bonds. The quantitative estimate of drug-likeness (QED) is 0.332. The molecule has 0 unspecified atom stereocenters. The maximum absolute atomic E-state index is 14.2. The van der Waals surface area contributed by atoms with Crippen molar-refractivity contribution in [3.05, 3.63) is 28.8 Å². The van der Waals surface area contributed by atoms with Gasteiger partial charge in [0.1, 0.15) is 26.2 Å². The van der Waals surface area contributed by atoms with Crippen molar-refractivity contribution < 1.29 is 40.1 Å². The van der Waals surface area contributed by atoms with Crippen molar-refractivity contribution in [1.82, 2.24) is 0 Å². The van der Waals surface area contributed by atoms with E-state index < -0.39 is 55.4 Å². The fourth-order valence-electron chi connectivity index (χ4n) is 5.41. The molecule has 1 aromatic carbocycles. The number of hydrogen-bond acceptors (Lipinski definition) is 5. The lowest BCUT2D eigenvalue weighted by Gasteiger charge is -2.55. The van der Waals surface area contributed by atoms with Crippen molar-refractivity contribution in [2.24, 2.45) is 17.8 Å². The van der Waals surface area contributed by atoms with Crippen molar-refractivity contribution in [1.29, 1.82) is 0 Å². The maximum atomic E-state index is 14.2. The molecule has 10 heteroatoms. The van der Waals surface area contributed by atoms with Crippen LogP contribution < -0.4 is 0 Å². The SMILES string of the molecule is O=C(OC12CC3CC(CC(C3)C1)C2)c1c(F)c(F)c(S(=O)(=O)[O-])c(F)c1F. The summed E-state index contributed by atoms with van der Waals surface area (Å²) in [4.78, 5) is 10.1. The number of hydrogen-bond donors (Lipinski definition) is 0. The Labute approximate surface area is 152 Å². The van der Waals surface area contributed by atoms with E-state index in [1.54, 1.807) is 0 Å². The minimum atomic E-state index is -5.83. The van der Waals surface area contributed by atoms with Gasteiger partial charge in [-0.05, 0) is 56.3 Å². The average molecular weight is 407 g/mol. The van der Waals surface area contributed by atoms with Crippen molar-refractivity contribution in [3.63, 3.8) is 0 Å². The fourth-order valence-corrected chi connectivity index (χ4v) is 6.03. The van der Waals surface area contributed by atoms with Gasteiger partial charge in [-0.15, -0.1) is 0 Å². The van der Waals surface area contributed by atoms with Crippen molar-refractivity contribution in [2.75, 3.05) is 0 Å². The Morgan fingerprint density at radius 1 is 0.889 bits per heavy atom. The summed E-state index contributed by atoms with van der Waals surface area (Å²) in [6, 6.07) is 0. The molecule has 0 aliphatic heterocycles. The summed E-state index contributed by atoms with van der Waals surface area (Å²) in [6.45, 7) is 0. The first-order valence-electron chi connectivity index (χ1n) is 8.56. The van der Waals surface area contributed by atoms with E-state index in [-0.39, 0.29) is 0 Å². The van der Waals surface area contributed by atoms with Gasteiger partial charge >= 0.3 is 5.97 Å². The van der Waals surface area contributed by atoms with E-state index in [9.17, 15) is 35.3 Å². The van der Waals surface area contributed by atoms with Gasteiger partial charge in [-0.25, -0.2) is 30.8 Å². The monoisotopic (exact) mass is 407 g/mol. The van der Waals surface area contributed by atoms with Crippen LogP contribution in [0.25, 0.3) is 0 Å². The van der Waals surface area contributed by atoms with Gasteiger partial charge < -0.3 is 9.29 Å². The molecule has 4 bridgehead atoms. The van der Waals surface area contributed by atoms with E-state index >= 15 is 0 Å². The molecule has 27 heavy (non-hydrogen) atoms. The third-order valence-electron chi connectivity index (χ3n) is 5.97. The van der Waals surface area contributed by atoms with Gasteiger partial charge in [0.15, 0.2) is 23.3 Å². The van der Waals surface area contributed by atoms with Gasteiger partial charge in [0.05, 0.1) is 0 Å². The summed E-state index contributed by atoms with van der Waals surface area (Å²) in [6.07, 6.45) is 4.56. The molecule has 4 aliphatic carbocycles. The summed E-state index contributed by atoms with van der Waals surface area (Å²) < 4.78 is 94.1. The Kier molecular flexibility index (Phi) is 4.08. The summed E-state index contributed by atoms with van der Waals surface area (Å²) >= 11 is 0. The number of rotatable bonds is 3. The molecule has 4 aliphatic rings. The van der Waals surface area contributed by atoms with Crippen LogP contribution in [0.5, 0.6) is 0 Å². The second-order valence-corrected chi connectivity index (χ2v) is 9.22. The normalized spacial score (nSPS) is 32.0. The molecule has 0 radical (unpaired) electrons. The summed E-state index contributed by atoms with van der Waals surface area (Å²) in [5.74, 6) is -9.96. The van der Waals surface area contributed by atoms with E-state index in [0.29, 0.717) is 37.0 Å². The molecular weight excluding hydrogens is 392 g/mol. The van der Waals surface area contributed by atoms with Crippen molar-refractivity contribution in [2.45, 2.75) is 49.0 Å². The number of esters is 1. The zero-order valence-electron chi connectivity index (χ0n) is 13.9. The third-order valence-corrected chi connectivity index (χ3v) is 6.83. The molecule has 4 saturated carbocycles. The predicted octanol–water partition coefficient (Wildman–Crippen LogP) is 3.27. The molecule has 0 spiro atoms. The van der Waals surface area contributed by atoms with Gasteiger partial charge in [-0.2, -0.15) is 0 Å². The Bertz CT molecular complexity index is 879. The topological polar surface area (TPSA) is 83.5 Å². The van der Waals surface area contributed by atoms with Gasteiger partial charge in [-0.1, -0.05) is 0 Å². The van der Waals surface area contributed by atoms with Crippen LogP contribution in [0.4, 0.5) is 17.6 Å². The van der Waals surface area contributed by atoms with Crippen LogP contribution in [0.3, 0.4) is 0 Å². The van der Waals surface area contributed by atoms with Gasteiger partial charge in [0, 0.05) is 0 Å². The lowest BCUT2D eigenvalue weighted by Crippen LogP contribution is -2.52. The minimum absolute atomic E-state index is 0.334. The second-order valence-electron chi connectivity index (χ2n) is 7.90. The van der Waals surface area contributed by atoms with Crippen molar-refractivity contribution >= 4 is 16.1 Å². The van der Waals surface area contributed by atoms with Gasteiger partial charge in [0.25, 0.3) is 0 Å². The van der Waals surface area contributed by atoms with E-state index in [2.05, 4.69) is 0 Å². The maximum Gasteiger partial charge on any atom is 0.344 e. The van der Waals surface area contributed by atoms with Crippen LogP contribution in [0.1, 0.15) is 48.9 Å². The molecule has 0 aromatic heterocycles. The third kappa shape index (κ3) is 2.93. The Morgan fingerprint density at radius 2 is 1.30 bits per heavy atom. The molecule has 4 fully saturated rings. The van der Waals surface area contributed by atoms with Crippen LogP contribution in [-0.2, 0) is 14.9 Å². The van der Waals surface area contributed by atoms with Crippen LogP contribution in [0, 0.1) is 41.0 Å². The molecule has 5 rings (SSSR count). The highest BCUT2D eigenvalue weighted by molar-refractivity contribution is 7.85. The average Bonchev–Trinajstić information content (AvgIpc) is 2.50. The first kappa shape index (κ1) is 18.7. The predicted molar refractivity (Wildman–Crippen MR) is 80.6 cm³/mol. The first-order chi connectivity index (χ1) is 12.5. The summed E-state index contributed by atoms with van der Waals surface area (Å²) in [5.41, 5.74) is -2.59. The highest BCUT2D eigenvalue weighted by Gasteiger charge is 2.53. The minimum Gasteiger partial charge on any atom is -0.744 e. The Hall–Kier alpha value is -1.68. The number of carbonyl (C=O) groups excluding carboxylic acids is 1. The van der Waals surface area contributed by atoms with E-state index in [0.717, 1.165) is 19.3 Å². The highest BCUT2D eigenvalue weighted by atomic mass is 32.2. The fraction of sp³-hybridized carbons (Fsp3) is 0.588. The molecule has 0 heterocycles. The largest absolute Gasteiger partial charge is 0.744 e. The van der Waals surface area contributed by atoms with Crippen LogP contribution in [0.15, 0.2) is 4.90 Å². The molecule has 148 valence electrons. The Balaban J connectivity index is 1.71. The van der Waals surface area contributed by atoms with Gasteiger partial charge in [-0.3, -0.25) is 0 Å². The zero-order chi connectivity index (χ0) is 19.7. The summed E-state index contributed by atoms with van der Waals surface area (Å²) in [5, 5.41) is 0. The smallest absolute Gasteiger partial charge is 0.344 e. The lowest BCUT2D eigenvalue weighted by molar-refractivity contribution is -0.131. The molecule has 5 nitrogen and oxygen atoms in total. The zero-order valence-corrected chi connectivity index (χ0v) is 14.8. The standard InChI is InChI=1S/C17H16F4O5S/c18-11-10(12(19)14(21)15(13(11)20)27(23,24)25)16(22)26-17-4-7-1-8(5-17)3-9(2-7)6-17/h7-9H,1-6H2,(H,23,24,25)/p-1. The number of ether oxygens (including phenoxy) is 1. The number of benzene rings is 1. The van der Waals surface area contributed by atoms with E-state index in [1.807, 2.05) is 0 Å². The van der Waals surface area contributed by atoms with Crippen LogP contribution in [-0.4, -0.2) is 24.5 Å². The van der Waals surface area contributed by atoms with E-state index in [4.69, 9.17) is 4.74 Å².